The Morgan fingerprint density at radius 3 is 2.33 bits per heavy atom. The number of nitrogens with zero attached hydrogens (tertiary/aromatic N) is 2. The third-order valence-electron chi connectivity index (χ3n) is 4.44. The number of hydrogen-bond donors (Lipinski definition) is 2. The Morgan fingerprint density at radius 2 is 1.74 bits per heavy atom. The van der Waals surface area contributed by atoms with Gasteiger partial charge in [0.05, 0.1) is 11.4 Å². The quantitative estimate of drug-likeness (QED) is 0.816. The lowest BCUT2D eigenvalue weighted by molar-refractivity contribution is -0.122. The first-order valence-corrected chi connectivity index (χ1v) is 9.62. The number of carbonyl (C=O) groups is 3. The molecule has 3 rings (SSSR count). The Balaban J connectivity index is 1.53. The molecule has 2 heterocycles. The van der Waals surface area contributed by atoms with Gasteiger partial charge in [-0.1, -0.05) is 6.07 Å². The Kier molecular flexibility index (Phi) is 6.20. The van der Waals surface area contributed by atoms with Gasteiger partial charge in [0, 0.05) is 44.5 Å². The first-order chi connectivity index (χ1) is 13.1. The number of piperazine rings is 1. The Labute approximate surface area is 162 Å². The summed E-state index contributed by atoms with van der Waals surface area (Å²) in [5, 5.41) is 7.28. The molecule has 0 saturated carbocycles. The van der Waals surface area contributed by atoms with E-state index in [9.17, 15) is 14.4 Å². The van der Waals surface area contributed by atoms with E-state index >= 15 is 0 Å². The number of anilines is 1. The van der Waals surface area contributed by atoms with E-state index in [1.165, 1.54) is 11.3 Å². The van der Waals surface area contributed by atoms with Crippen LogP contribution in [0.25, 0.3) is 0 Å². The number of carbonyl (C=O) groups excluding carboxylic acids is 3. The first-order valence-electron chi connectivity index (χ1n) is 8.74. The molecule has 0 atom stereocenters. The van der Waals surface area contributed by atoms with Crippen LogP contribution < -0.4 is 10.6 Å². The summed E-state index contributed by atoms with van der Waals surface area (Å²) in [6.45, 7) is 2.89. The predicted octanol–water partition coefficient (Wildman–Crippen LogP) is 1.50. The van der Waals surface area contributed by atoms with Crippen molar-refractivity contribution >= 4 is 34.7 Å². The van der Waals surface area contributed by atoms with Gasteiger partial charge in [-0.2, -0.15) is 0 Å². The lowest BCUT2D eigenvalue weighted by Gasteiger charge is -2.34. The van der Waals surface area contributed by atoms with E-state index in [1.54, 1.807) is 42.3 Å². The Bertz CT molecular complexity index is 797. The molecule has 0 unspecified atom stereocenters. The fraction of sp³-hybridized carbons (Fsp3) is 0.316. The van der Waals surface area contributed by atoms with Crippen LogP contribution in [0.1, 0.15) is 20.0 Å². The lowest BCUT2D eigenvalue weighted by Crippen LogP contribution is -2.50. The molecule has 2 N–H and O–H groups in total. The third-order valence-corrected chi connectivity index (χ3v) is 5.31. The van der Waals surface area contributed by atoms with Crippen molar-refractivity contribution in [3.8, 4) is 0 Å². The number of thiophene rings is 1. The molecule has 1 saturated heterocycles. The molecule has 8 heteroatoms. The van der Waals surface area contributed by atoms with E-state index in [0.29, 0.717) is 48.9 Å². The molecule has 3 amide bonds. The highest BCUT2D eigenvalue weighted by molar-refractivity contribution is 7.12. The summed E-state index contributed by atoms with van der Waals surface area (Å²) in [4.78, 5) is 40.6. The fourth-order valence-electron chi connectivity index (χ4n) is 2.87. The highest BCUT2D eigenvalue weighted by atomic mass is 32.1. The van der Waals surface area contributed by atoms with E-state index < -0.39 is 0 Å². The smallest absolute Gasteiger partial charge is 0.265 e. The van der Waals surface area contributed by atoms with Crippen LogP contribution in [0.15, 0.2) is 41.8 Å². The maximum atomic E-state index is 12.6. The first kappa shape index (κ1) is 19.1. The van der Waals surface area contributed by atoms with Crippen molar-refractivity contribution in [2.24, 2.45) is 0 Å². The van der Waals surface area contributed by atoms with Crippen LogP contribution >= 0.6 is 11.3 Å². The van der Waals surface area contributed by atoms with Gasteiger partial charge in [-0.25, -0.2) is 0 Å². The minimum Gasteiger partial charge on any atom is -0.358 e. The summed E-state index contributed by atoms with van der Waals surface area (Å²) in [6, 6.07) is 10.5. The highest BCUT2D eigenvalue weighted by Crippen LogP contribution is 2.16. The molecule has 2 aromatic rings. The Morgan fingerprint density at radius 1 is 1.04 bits per heavy atom. The second kappa shape index (κ2) is 8.79. The van der Waals surface area contributed by atoms with E-state index in [-0.39, 0.29) is 17.7 Å². The van der Waals surface area contributed by atoms with Crippen LogP contribution in [0, 0.1) is 0 Å². The lowest BCUT2D eigenvalue weighted by atomic mass is 10.1. The molecule has 1 aliphatic heterocycles. The van der Waals surface area contributed by atoms with E-state index in [4.69, 9.17) is 0 Å². The van der Waals surface area contributed by atoms with Crippen molar-refractivity contribution in [1.29, 1.82) is 0 Å². The second-order valence-corrected chi connectivity index (χ2v) is 7.20. The average Bonchev–Trinajstić information content (AvgIpc) is 3.23. The number of likely N-dealkylation sites (N-methyl/N-ethyl adjacent to an activating group) is 1. The summed E-state index contributed by atoms with van der Waals surface area (Å²) in [6.07, 6.45) is 0. The number of hydrogen-bond acceptors (Lipinski definition) is 5. The van der Waals surface area contributed by atoms with Crippen LogP contribution in [0.2, 0.25) is 0 Å². The predicted molar refractivity (Wildman–Crippen MR) is 105 cm³/mol. The van der Waals surface area contributed by atoms with Gasteiger partial charge in [-0.15, -0.1) is 11.3 Å². The van der Waals surface area contributed by atoms with Crippen molar-refractivity contribution in [2.45, 2.75) is 0 Å². The zero-order valence-corrected chi connectivity index (χ0v) is 15.9. The summed E-state index contributed by atoms with van der Waals surface area (Å²) >= 11 is 1.38. The van der Waals surface area contributed by atoms with Crippen LogP contribution in [0.5, 0.6) is 0 Å². The molecule has 1 aliphatic rings. The van der Waals surface area contributed by atoms with Crippen LogP contribution in [-0.4, -0.2) is 67.3 Å². The van der Waals surface area contributed by atoms with E-state index in [2.05, 4.69) is 10.6 Å². The van der Waals surface area contributed by atoms with Gasteiger partial charge in [-0.3, -0.25) is 19.3 Å². The highest BCUT2D eigenvalue weighted by Gasteiger charge is 2.23. The topological polar surface area (TPSA) is 81.8 Å². The summed E-state index contributed by atoms with van der Waals surface area (Å²) < 4.78 is 0. The molecule has 7 nitrogen and oxygen atoms in total. The van der Waals surface area contributed by atoms with Crippen LogP contribution in [-0.2, 0) is 4.79 Å². The number of nitrogens with one attached hydrogen (secondary N) is 2. The molecule has 1 aromatic carbocycles. The second-order valence-electron chi connectivity index (χ2n) is 6.25. The van der Waals surface area contributed by atoms with Gasteiger partial charge in [0.25, 0.3) is 11.8 Å². The summed E-state index contributed by atoms with van der Waals surface area (Å²) in [5.41, 5.74) is 1.24. The number of benzene rings is 1. The maximum Gasteiger partial charge on any atom is 0.265 e. The van der Waals surface area contributed by atoms with Gasteiger partial charge in [0.1, 0.15) is 0 Å². The molecule has 0 spiro atoms. The molecular weight excluding hydrogens is 364 g/mol. The van der Waals surface area contributed by atoms with Gasteiger partial charge in [-0.05, 0) is 35.7 Å². The molecule has 0 bridgehead atoms. The third kappa shape index (κ3) is 4.93. The molecule has 0 radical (unpaired) electrons. The zero-order chi connectivity index (χ0) is 19.2. The Hall–Kier alpha value is -2.71. The molecule has 27 heavy (non-hydrogen) atoms. The SMILES string of the molecule is CNC(=O)CN1CCN(C(=O)c2ccc(NC(=O)c3cccs3)cc2)CC1. The molecule has 1 aromatic heterocycles. The van der Waals surface area contributed by atoms with Crippen molar-refractivity contribution in [2.75, 3.05) is 45.1 Å². The van der Waals surface area contributed by atoms with E-state index in [1.807, 2.05) is 16.3 Å². The van der Waals surface area contributed by atoms with Gasteiger partial charge in [0.2, 0.25) is 5.91 Å². The molecular formula is C19H22N4O3S. The number of rotatable bonds is 5. The van der Waals surface area contributed by atoms with E-state index in [0.717, 1.165) is 0 Å². The largest absolute Gasteiger partial charge is 0.358 e. The van der Waals surface area contributed by atoms with Crippen LogP contribution in [0.4, 0.5) is 5.69 Å². The molecule has 142 valence electrons. The minimum atomic E-state index is -0.156. The zero-order valence-electron chi connectivity index (χ0n) is 15.1. The normalized spacial score (nSPS) is 14.6. The van der Waals surface area contributed by atoms with Gasteiger partial charge >= 0.3 is 0 Å². The van der Waals surface area contributed by atoms with Gasteiger partial charge in [0.15, 0.2) is 0 Å². The van der Waals surface area contributed by atoms with Crippen molar-refractivity contribution in [3.05, 3.63) is 52.2 Å². The fourth-order valence-corrected chi connectivity index (χ4v) is 3.49. The van der Waals surface area contributed by atoms with Crippen molar-refractivity contribution in [1.82, 2.24) is 15.1 Å². The summed E-state index contributed by atoms with van der Waals surface area (Å²) in [5.74, 6) is -0.211. The van der Waals surface area contributed by atoms with Gasteiger partial charge < -0.3 is 15.5 Å². The van der Waals surface area contributed by atoms with Crippen molar-refractivity contribution < 1.29 is 14.4 Å². The van der Waals surface area contributed by atoms with Crippen molar-refractivity contribution in [3.63, 3.8) is 0 Å². The average molecular weight is 386 g/mol. The van der Waals surface area contributed by atoms with Crippen LogP contribution in [0.3, 0.4) is 0 Å². The minimum absolute atomic E-state index is 0.0186. The maximum absolute atomic E-state index is 12.6. The standard InChI is InChI=1S/C19H22N4O3S/c1-20-17(24)13-22-8-10-23(11-9-22)19(26)14-4-6-15(7-5-14)21-18(25)16-3-2-12-27-16/h2-7,12H,8-11,13H2,1H3,(H,20,24)(H,21,25). The number of amides is 3. The summed E-state index contributed by atoms with van der Waals surface area (Å²) in [7, 11) is 1.62. The monoisotopic (exact) mass is 386 g/mol. The molecule has 1 fully saturated rings. The molecule has 0 aliphatic carbocycles.